The molecule has 0 atom stereocenters. The van der Waals surface area contributed by atoms with Gasteiger partial charge in [-0.1, -0.05) is 44.5 Å². The van der Waals surface area contributed by atoms with Crippen molar-refractivity contribution in [3.05, 3.63) is 46.5 Å². The second-order valence-electron chi connectivity index (χ2n) is 5.49. The number of hydrogen-bond acceptors (Lipinski definition) is 4. The van der Waals surface area contributed by atoms with Crippen LogP contribution in [-0.4, -0.2) is 15.0 Å². The number of rotatable bonds is 2. The van der Waals surface area contributed by atoms with Crippen LogP contribution in [0.3, 0.4) is 0 Å². The molecule has 2 N–H and O–H groups in total. The maximum atomic E-state index is 5.86. The molecule has 19 heavy (non-hydrogen) atoms. The molecule has 0 amide bonds. The normalized spacial score (nSPS) is 11.6. The van der Waals surface area contributed by atoms with Crippen molar-refractivity contribution >= 4 is 17.5 Å². The first-order chi connectivity index (χ1) is 8.84. The Morgan fingerprint density at radius 3 is 2.26 bits per heavy atom. The molecule has 0 fully saturated rings. The third-order valence-electron chi connectivity index (χ3n) is 2.65. The first-order valence-electron chi connectivity index (χ1n) is 6.10. The molecule has 100 valence electrons. The van der Waals surface area contributed by atoms with Crippen molar-refractivity contribution < 1.29 is 0 Å². The Morgan fingerprint density at radius 2 is 1.68 bits per heavy atom. The number of halogens is 1. The van der Waals surface area contributed by atoms with Gasteiger partial charge in [0.2, 0.25) is 5.95 Å². The van der Waals surface area contributed by atoms with Gasteiger partial charge in [-0.2, -0.15) is 9.97 Å². The summed E-state index contributed by atoms with van der Waals surface area (Å²) in [4.78, 5) is 12.9. The van der Waals surface area contributed by atoms with Gasteiger partial charge >= 0.3 is 0 Å². The molecule has 0 aliphatic heterocycles. The Balaban J connectivity index is 2.30. The highest BCUT2D eigenvalue weighted by Crippen LogP contribution is 2.19. The monoisotopic (exact) mass is 276 g/mol. The van der Waals surface area contributed by atoms with Gasteiger partial charge in [-0.15, -0.1) is 0 Å². The van der Waals surface area contributed by atoms with E-state index in [2.05, 4.69) is 15.0 Å². The average Bonchev–Trinajstić information content (AvgIpc) is 2.30. The minimum atomic E-state index is -0.147. The van der Waals surface area contributed by atoms with Crippen LogP contribution in [0.2, 0.25) is 5.02 Å². The van der Waals surface area contributed by atoms with Gasteiger partial charge in [-0.3, -0.25) is 0 Å². The maximum absolute atomic E-state index is 5.86. The summed E-state index contributed by atoms with van der Waals surface area (Å²) in [6.45, 7) is 6.15. The summed E-state index contributed by atoms with van der Waals surface area (Å²) in [7, 11) is 0. The van der Waals surface area contributed by atoms with Crippen LogP contribution in [-0.2, 0) is 11.8 Å². The van der Waals surface area contributed by atoms with E-state index in [9.17, 15) is 0 Å². The number of nitrogens with two attached hydrogens (primary N) is 1. The number of benzene rings is 1. The second kappa shape index (κ2) is 5.13. The molecular weight excluding hydrogens is 260 g/mol. The van der Waals surface area contributed by atoms with Crippen LogP contribution in [0, 0.1) is 0 Å². The van der Waals surface area contributed by atoms with Crippen molar-refractivity contribution in [3.8, 4) is 0 Å². The van der Waals surface area contributed by atoms with Gasteiger partial charge in [-0.05, 0) is 17.7 Å². The molecule has 1 aromatic heterocycles. The SMILES string of the molecule is CC(C)(C)c1nc(N)nc(Cc2ccc(Cl)cc2)n1. The minimum absolute atomic E-state index is 0.147. The molecule has 0 spiro atoms. The number of hydrogen-bond donors (Lipinski definition) is 1. The molecule has 2 rings (SSSR count). The molecule has 0 radical (unpaired) electrons. The van der Waals surface area contributed by atoms with Crippen molar-refractivity contribution in [2.75, 3.05) is 5.73 Å². The summed E-state index contributed by atoms with van der Waals surface area (Å²) in [5.74, 6) is 1.66. The van der Waals surface area contributed by atoms with Crippen molar-refractivity contribution in [1.29, 1.82) is 0 Å². The van der Waals surface area contributed by atoms with Crippen molar-refractivity contribution in [2.45, 2.75) is 32.6 Å². The summed E-state index contributed by atoms with van der Waals surface area (Å²) < 4.78 is 0. The first kappa shape index (κ1) is 13.7. The molecule has 0 aliphatic rings. The fourth-order valence-electron chi connectivity index (χ4n) is 1.64. The summed E-state index contributed by atoms with van der Waals surface area (Å²) in [5.41, 5.74) is 6.70. The van der Waals surface area contributed by atoms with E-state index >= 15 is 0 Å². The van der Waals surface area contributed by atoms with Crippen LogP contribution >= 0.6 is 11.6 Å². The summed E-state index contributed by atoms with van der Waals surface area (Å²) in [5, 5.41) is 0.717. The molecular formula is C14H17ClN4. The molecule has 0 saturated heterocycles. The van der Waals surface area contributed by atoms with Gasteiger partial charge in [-0.25, -0.2) is 4.98 Å². The Hall–Kier alpha value is -1.68. The molecule has 0 unspecified atom stereocenters. The summed E-state index contributed by atoms with van der Waals surface area (Å²) in [6, 6.07) is 7.62. The average molecular weight is 277 g/mol. The lowest BCUT2D eigenvalue weighted by molar-refractivity contribution is 0.538. The van der Waals surface area contributed by atoms with E-state index in [1.165, 1.54) is 0 Å². The number of nitrogen functional groups attached to an aromatic ring is 1. The van der Waals surface area contributed by atoms with Gasteiger partial charge in [0.25, 0.3) is 0 Å². The Kier molecular flexibility index (Phi) is 3.71. The van der Waals surface area contributed by atoms with Crippen LogP contribution in [0.15, 0.2) is 24.3 Å². The van der Waals surface area contributed by atoms with E-state index in [1.807, 2.05) is 45.0 Å². The van der Waals surface area contributed by atoms with Crippen molar-refractivity contribution in [3.63, 3.8) is 0 Å². The standard InChI is InChI=1S/C14H17ClN4/c1-14(2,3)12-17-11(18-13(16)19-12)8-9-4-6-10(15)7-5-9/h4-7H,8H2,1-3H3,(H2,16,17,18,19). The smallest absolute Gasteiger partial charge is 0.223 e. The lowest BCUT2D eigenvalue weighted by Crippen LogP contribution is -2.19. The van der Waals surface area contributed by atoms with E-state index in [0.29, 0.717) is 23.1 Å². The lowest BCUT2D eigenvalue weighted by atomic mass is 9.96. The van der Waals surface area contributed by atoms with E-state index in [4.69, 9.17) is 17.3 Å². The fraction of sp³-hybridized carbons (Fsp3) is 0.357. The molecule has 1 aromatic carbocycles. The largest absolute Gasteiger partial charge is 0.368 e. The van der Waals surface area contributed by atoms with Gasteiger partial charge in [0.15, 0.2) is 0 Å². The number of anilines is 1. The number of aromatic nitrogens is 3. The van der Waals surface area contributed by atoms with Crippen LogP contribution in [0.25, 0.3) is 0 Å². The minimum Gasteiger partial charge on any atom is -0.368 e. The Labute approximate surface area is 118 Å². The highest BCUT2D eigenvalue weighted by molar-refractivity contribution is 6.30. The van der Waals surface area contributed by atoms with Crippen LogP contribution < -0.4 is 5.73 Å². The molecule has 0 bridgehead atoms. The number of nitrogens with zero attached hydrogens (tertiary/aromatic N) is 3. The second-order valence-corrected chi connectivity index (χ2v) is 5.92. The molecule has 0 aliphatic carbocycles. The molecule has 1 heterocycles. The van der Waals surface area contributed by atoms with Crippen LogP contribution in [0.1, 0.15) is 38.0 Å². The maximum Gasteiger partial charge on any atom is 0.223 e. The van der Waals surface area contributed by atoms with E-state index in [1.54, 1.807) is 0 Å². The molecule has 2 aromatic rings. The summed E-state index contributed by atoms with van der Waals surface area (Å²) >= 11 is 5.86. The van der Waals surface area contributed by atoms with Gasteiger partial charge in [0.1, 0.15) is 11.6 Å². The topological polar surface area (TPSA) is 64.7 Å². The highest BCUT2D eigenvalue weighted by Gasteiger charge is 2.19. The van der Waals surface area contributed by atoms with Gasteiger partial charge < -0.3 is 5.73 Å². The molecule has 5 heteroatoms. The third-order valence-corrected chi connectivity index (χ3v) is 2.90. The van der Waals surface area contributed by atoms with Crippen molar-refractivity contribution in [1.82, 2.24) is 15.0 Å². The van der Waals surface area contributed by atoms with Gasteiger partial charge in [0.05, 0.1) is 0 Å². The molecule has 4 nitrogen and oxygen atoms in total. The van der Waals surface area contributed by atoms with Gasteiger partial charge in [0, 0.05) is 16.9 Å². The fourth-order valence-corrected chi connectivity index (χ4v) is 1.76. The van der Waals surface area contributed by atoms with Crippen LogP contribution in [0.5, 0.6) is 0 Å². The Morgan fingerprint density at radius 1 is 1.05 bits per heavy atom. The summed E-state index contributed by atoms with van der Waals surface area (Å²) in [6.07, 6.45) is 0.618. The predicted molar refractivity (Wildman–Crippen MR) is 77.2 cm³/mol. The van der Waals surface area contributed by atoms with E-state index in [-0.39, 0.29) is 11.4 Å². The predicted octanol–water partition coefficient (Wildman–Crippen LogP) is 3.00. The molecule has 0 saturated carbocycles. The van der Waals surface area contributed by atoms with E-state index < -0.39 is 0 Å². The van der Waals surface area contributed by atoms with Crippen molar-refractivity contribution in [2.24, 2.45) is 0 Å². The Bertz CT molecular complexity index is 573. The first-order valence-corrected chi connectivity index (χ1v) is 6.48. The third kappa shape index (κ3) is 3.64. The zero-order chi connectivity index (χ0) is 14.0. The quantitative estimate of drug-likeness (QED) is 0.916. The van der Waals surface area contributed by atoms with E-state index in [0.717, 1.165) is 5.56 Å². The highest BCUT2D eigenvalue weighted by atomic mass is 35.5. The van der Waals surface area contributed by atoms with Crippen LogP contribution in [0.4, 0.5) is 5.95 Å². The lowest BCUT2D eigenvalue weighted by Gasteiger charge is -2.17. The zero-order valence-electron chi connectivity index (χ0n) is 11.3. The zero-order valence-corrected chi connectivity index (χ0v) is 12.1.